The zero-order chi connectivity index (χ0) is 13.1. The molecule has 1 aromatic rings. The van der Waals surface area contributed by atoms with Crippen LogP contribution in [0.15, 0.2) is 28.7 Å². The van der Waals surface area contributed by atoms with Crippen LogP contribution in [0.2, 0.25) is 0 Å². The molecular formula is C14H18BrNOS. The van der Waals surface area contributed by atoms with Gasteiger partial charge < -0.3 is 5.32 Å². The van der Waals surface area contributed by atoms with Gasteiger partial charge in [0.15, 0.2) is 0 Å². The van der Waals surface area contributed by atoms with E-state index in [2.05, 4.69) is 46.6 Å². The molecular weight excluding hydrogens is 310 g/mol. The summed E-state index contributed by atoms with van der Waals surface area (Å²) in [6.07, 6.45) is 3.05. The van der Waals surface area contributed by atoms with Crippen molar-refractivity contribution in [2.45, 2.75) is 25.3 Å². The molecule has 18 heavy (non-hydrogen) atoms. The SMILES string of the molecule is CSC[C@H](C)NC(=O)[C@@H]1C[C@@H]1c1ccc(Br)cc1. The fourth-order valence-electron chi connectivity index (χ4n) is 2.20. The average Bonchev–Trinajstić information content (AvgIpc) is 3.10. The van der Waals surface area contributed by atoms with Crippen molar-refractivity contribution in [1.82, 2.24) is 5.32 Å². The van der Waals surface area contributed by atoms with E-state index in [1.54, 1.807) is 11.8 Å². The number of carbonyl (C=O) groups excluding carboxylic acids is 1. The van der Waals surface area contributed by atoms with Crippen LogP contribution in [0, 0.1) is 5.92 Å². The summed E-state index contributed by atoms with van der Waals surface area (Å²) < 4.78 is 1.08. The first-order valence-corrected chi connectivity index (χ1v) is 8.35. The molecule has 2 rings (SSSR count). The van der Waals surface area contributed by atoms with Gasteiger partial charge >= 0.3 is 0 Å². The van der Waals surface area contributed by atoms with Gasteiger partial charge in [0, 0.05) is 22.2 Å². The number of amides is 1. The molecule has 98 valence electrons. The maximum atomic E-state index is 12.0. The maximum Gasteiger partial charge on any atom is 0.223 e. The highest BCUT2D eigenvalue weighted by atomic mass is 79.9. The van der Waals surface area contributed by atoms with Crippen LogP contribution in [-0.2, 0) is 4.79 Å². The van der Waals surface area contributed by atoms with Crippen molar-refractivity contribution < 1.29 is 4.79 Å². The summed E-state index contributed by atoms with van der Waals surface area (Å²) in [6, 6.07) is 8.55. The van der Waals surface area contributed by atoms with Crippen molar-refractivity contribution in [1.29, 1.82) is 0 Å². The van der Waals surface area contributed by atoms with Crippen LogP contribution in [0.1, 0.15) is 24.8 Å². The summed E-state index contributed by atoms with van der Waals surface area (Å²) in [6.45, 7) is 2.06. The molecule has 0 radical (unpaired) electrons. The van der Waals surface area contributed by atoms with Crippen molar-refractivity contribution in [3.05, 3.63) is 34.3 Å². The first kappa shape index (κ1) is 13.9. The number of halogens is 1. The number of hydrogen-bond acceptors (Lipinski definition) is 2. The fourth-order valence-corrected chi connectivity index (χ4v) is 3.05. The third-order valence-corrected chi connectivity index (χ3v) is 4.59. The molecule has 1 amide bonds. The average molecular weight is 328 g/mol. The first-order chi connectivity index (χ1) is 8.61. The summed E-state index contributed by atoms with van der Waals surface area (Å²) in [4.78, 5) is 12.0. The van der Waals surface area contributed by atoms with E-state index in [1.165, 1.54) is 5.56 Å². The van der Waals surface area contributed by atoms with Gasteiger partial charge in [-0.15, -0.1) is 0 Å². The largest absolute Gasteiger partial charge is 0.353 e. The third kappa shape index (κ3) is 3.51. The summed E-state index contributed by atoms with van der Waals surface area (Å²) in [5, 5.41) is 3.08. The van der Waals surface area contributed by atoms with Crippen LogP contribution in [0.5, 0.6) is 0 Å². The number of carbonyl (C=O) groups is 1. The highest BCUT2D eigenvalue weighted by Gasteiger charge is 2.43. The van der Waals surface area contributed by atoms with E-state index in [0.717, 1.165) is 16.6 Å². The van der Waals surface area contributed by atoms with Crippen molar-refractivity contribution in [3.63, 3.8) is 0 Å². The van der Waals surface area contributed by atoms with Crippen molar-refractivity contribution in [2.75, 3.05) is 12.0 Å². The quantitative estimate of drug-likeness (QED) is 0.897. The van der Waals surface area contributed by atoms with E-state index < -0.39 is 0 Å². The molecule has 1 saturated carbocycles. The lowest BCUT2D eigenvalue weighted by Crippen LogP contribution is -2.35. The highest BCUT2D eigenvalue weighted by molar-refractivity contribution is 9.10. The van der Waals surface area contributed by atoms with Crippen LogP contribution >= 0.6 is 27.7 Å². The molecule has 3 atom stereocenters. The number of nitrogens with one attached hydrogen (secondary N) is 1. The van der Waals surface area contributed by atoms with Crippen LogP contribution in [0.4, 0.5) is 0 Å². The third-order valence-electron chi connectivity index (χ3n) is 3.23. The van der Waals surface area contributed by atoms with Crippen LogP contribution in [-0.4, -0.2) is 24.0 Å². The van der Waals surface area contributed by atoms with E-state index >= 15 is 0 Å². The molecule has 4 heteroatoms. The Bertz CT molecular complexity index is 420. The minimum atomic E-state index is 0.176. The Morgan fingerprint density at radius 2 is 2.17 bits per heavy atom. The van der Waals surface area contributed by atoms with Gasteiger partial charge in [-0.1, -0.05) is 28.1 Å². The number of benzene rings is 1. The standard InChI is InChI=1S/C14H18BrNOS/c1-9(8-18-2)16-14(17)13-7-12(13)10-3-5-11(15)6-4-10/h3-6,9,12-13H,7-8H2,1-2H3,(H,16,17)/t9-,12+,13+/m0/s1. The summed E-state index contributed by atoms with van der Waals surface area (Å²) in [5.74, 6) is 1.78. The number of hydrogen-bond donors (Lipinski definition) is 1. The molecule has 0 heterocycles. The zero-order valence-corrected chi connectivity index (χ0v) is 13.1. The molecule has 0 aromatic heterocycles. The van der Waals surface area contributed by atoms with Gasteiger partial charge in [-0.2, -0.15) is 11.8 Å². The molecule has 0 spiro atoms. The van der Waals surface area contributed by atoms with Gasteiger partial charge in [0.2, 0.25) is 5.91 Å². The Balaban J connectivity index is 1.87. The molecule has 0 saturated heterocycles. The van der Waals surface area contributed by atoms with Crippen molar-refractivity contribution in [3.8, 4) is 0 Å². The molecule has 1 aliphatic rings. The minimum Gasteiger partial charge on any atom is -0.353 e. The summed E-state index contributed by atoms with van der Waals surface area (Å²) in [5.41, 5.74) is 1.27. The second kappa shape index (κ2) is 6.11. The maximum absolute atomic E-state index is 12.0. The predicted molar refractivity (Wildman–Crippen MR) is 81.0 cm³/mol. The van der Waals surface area contributed by atoms with Gasteiger partial charge in [0.25, 0.3) is 0 Å². The van der Waals surface area contributed by atoms with E-state index in [9.17, 15) is 4.79 Å². The molecule has 2 nitrogen and oxygen atoms in total. The van der Waals surface area contributed by atoms with Gasteiger partial charge in [0.05, 0.1) is 0 Å². The lowest BCUT2D eigenvalue weighted by Gasteiger charge is -2.12. The van der Waals surface area contributed by atoms with Gasteiger partial charge in [-0.25, -0.2) is 0 Å². The summed E-state index contributed by atoms with van der Waals surface area (Å²) >= 11 is 5.19. The lowest BCUT2D eigenvalue weighted by molar-refractivity contribution is -0.122. The van der Waals surface area contributed by atoms with Gasteiger partial charge in [0.1, 0.15) is 0 Å². The van der Waals surface area contributed by atoms with Crippen molar-refractivity contribution >= 4 is 33.6 Å². The van der Waals surface area contributed by atoms with Gasteiger partial charge in [-0.3, -0.25) is 4.79 Å². The van der Waals surface area contributed by atoms with E-state index in [-0.39, 0.29) is 17.9 Å². The monoisotopic (exact) mass is 327 g/mol. The van der Waals surface area contributed by atoms with Crippen LogP contribution < -0.4 is 5.32 Å². The van der Waals surface area contributed by atoms with E-state index in [1.807, 2.05) is 12.1 Å². The smallest absolute Gasteiger partial charge is 0.223 e. The molecule has 1 aromatic carbocycles. The Morgan fingerprint density at radius 3 is 2.78 bits per heavy atom. The second-order valence-corrected chi connectivity index (χ2v) is 6.69. The molecule has 1 N–H and O–H groups in total. The number of thioether (sulfide) groups is 1. The van der Waals surface area contributed by atoms with E-state index in [4.69, 9.17) is 0 Å². The van der Waals surface area contributed by atoms with Crippen molar-refractivity contribution in [2.24, 2.45) is 5.92 Å². The Hall–Kier alpha value is -0.480. The lowest BCUT2D eigenvalue weighted by atomic mass is 10.1. The molecule has 0 aliphatic heterocycles. The molecule has 1 aliphatic carbocycles. The summed E-state index contributed by atoms with van der Waals surface area (Å²) in [7, 11) is 0. The zero-order valence-electron chi connectivity index (χ0n) is 10.7. The number of rotatable bonds is 5. The normalized spacial score (nSPS) is 23.5. The van der Waals surface area contributed by atoms with Gasteiger partial charge in [-0.05, 0) is 43.2 Å². The van der Waals surface area contributed by atoms with Crippen LogP contribution in [0.3, 0.4) is 0 Å². The molecule has 0 unspecified atom stereocenters. The van der Waals surface area contributed by atoms with Crippen LogP contribution in [0.25, 0.3) is 0 Å². The first-order valence-electron chi connectivity index (χ1n) is 6.16. The Labute approximate surface area is 121 Å². The Morgan fingerprint density at radius 1 is 1.50 bits per heavy atom. The minimum absolute atomic E-state index is 0.176. The molecule has 1 fully saturated rings. The Kier molecular flexibility index (Phi) is 4.73. The fraction of sp³-hybridized carbons (Fsp3) is 0.500. The molecule has 0 bridgehead atoms. The topological polar surface area (TPSA) is 29.1 Å². The van der Waals surface area contributed by atoms with E-state index in [0.29, 0.717) is 5.92 Å². The second-order valence-electron chi connectivity index (χ2n) is 4.87. The highest BCUT2D eigenvalue weighted by Crippen LogP contribution is 2.47. The predicted octanol–water partition coefficient (Wildman–Crippen LogP) is 3.42.